The van der Waals surface area contributed by atoms with Crippen LogP contribution in [0.2, 0.25) is 5.02 Å². The van der Waals surface area contributed by atoms with Crippen molar-refractivity contribution >= 4 is 23.2 Å². The number of nitriles is 1. The lowest BCUT2D eigenvalue weighted by Crippen LogP contribution is -2.24. The molecule has 0 saturated heterocycles. The van der Waals surface area contributed by atoms with Gasteiger partial charge in [-0.25, -0.2) is 0 Å². The molecular weight excluding hydrogens is 214 g/mol. The van der Waals surface area contributed by atoms with Gasteiger partial charge in [0.15, 0.2) is 0 Å². The molecule has 15 heavy (non-hydrogen) atoms. The third kappa shape index (κ3) is 3.15. The first-order valence-electron chi connectivity index (χ1n) is 4.35. The van der Waals surface area contributed by atoms with Gasteiger partial charge >= 0.3 is 0 Å². The van der Waals surface area contributed by atoms with Crippen LogP contribution in [0, 0.1) is 11.3 Å². The Balaban J connectivity index is 2.67. The van der Waals surface area contributed by atoms with E-state index in [1.54, 1.807) is 12.1 Å². The van der Waals surface area contributed by atoms with Crippen LogP contribution in [0.15, 0.2) is 18.2 Å². The summed E-state index contributed by atoms with van der Waals surface area (Å²) in [5.41, 5.74) is 6.35. The van der Waals surface area contributed by atoms with E-state index >= 15 is 0 Å². The Bertz CT molecular complexity index is 412. The molecule has 0 fully saturated rings. The molecule has 1 aromatic carbocycles. The maximum Gasteiger partial charge on any atom is 0.251 e. The van der Waals surface area contributed by atoms with Crippen LogP contribution in [-0.4, -0.2) is 12.5 Å². The highest BCUT2D eigenvalue weighted by atomic mass is 35.5. The fraction of sp³-hybridized carbons (Fsp3) is 0.200. The normalized spacial score (nSPS) is 9.33. The number of carbonyl (C=O) groups is 1. The molecule has 0 aromatic heterocycles. The molecular formula is C10H10ClN3O. The number of amides is 1. The Morgan fingerprint density at radius 3 is 2.93 bits per heavy atom. The number of carbonyl (C=O) groups excluding carboxylic acids is 1. The first-order valence-corrected chi connectivity index (χ1v) is 4.73. The molecule has 0 heterocycles. The summed E-state index contributed by atoms with van der Waals surface area (Å²) in [5.74, 6) is -0.256. The van der Waals surface area contributed by atoms with E-state index < -0.39 is 0 Å². The van der Waals surface area contributed by atoms with E-state index in [1.165, 1.54) is 6.07 Å². The summed E-state index contributed by atoms with van der Waals surface area (Å²) >= 11 is 5.71. The maximum absolute atomic E-state index is 11.5. The van der Waals surface area contributed by atoms with E-state index in [1.807, 2.05) is 6.07 Å². The smallest absolute Gasteiger partial charge is 0.251 e. The summed E-state index contributed by atoms with van der Waals surface area (Å²) in [6.07, 6.45) is 0.287. The number of nitrogen functional groups attached to an aromatic ring is 1. The molecule has 0 radical (unpaired) electrons. The van der Waals surface area contributed by atoms with E-state index in [2.05, 4.69) is 5.32 Å². The van der Waals surface area contributed by atoms with Gasteiger partial charge in [-0.2, -0.15) is 5.26 Å². The highest BCUT2D eigenvalue weighted by molar-refractivity contribution is 6.33. The van der Waals surface area contributed by atoms with E-state index in [0.717, 1.165) is 0 Å². The zero-order chi connectivity index (χ0) is 11.3. The summed E-state index contributed by atoms with van der Waals surface area (Å²) in [4.78, 5) is 11.5. The Hall–Kier alpha value is -1.73. The molecule has 78 valence electrons. The van der Waals surface area contributed by atoms with E-state index in [9.17, 15) is 4.79 Å². The molecule has 1 amide bonds. The van der Waals surface area contributed by atoms with Gasteiger partial charge in [-0.1, -0.05) is 11.6 Å². The molecule has 1 aromatic rings. The Morgan fingerprint density at radius 1 is 1.60 bits per heavy atom. The van der Waals surface area contributed by atoms with Crippen molar-refractivity contribution in [3.8, 4) is 6.07 Å². The maximum atomic E-state index is 11.5. The number of halogens is 1. The van der Waals surface area contributed by atoms with Crippen LogP contribution in [0.3, 0.4) is 0 Å². The fourth-order valence-electron chi connectivity index (χ4n) is 1.02. The third-order valence-corrected chi connectivity index (χ3v) is 2.12. The van der Waals surface area contributed by atoms with Gasteiger partial charge in [0.2, 0.25) is 0 Å². The fourth-order valence-corrected chi connectivity index (χ4v) is 1.14. The molecule has 0 aliphatic carbocycles. The summed E-state index contributed by atoms with van der Waals surface area (Å²) in [5, 5.41) is 11.3. The molecule has 4 nitrogen and oxygen atoms in total. The first-order chi connectivity index (χ1) is 7.15. The van der Waals surface area contributed by atoms with E-state index in [0.29, 0.717) is 22.8 Å². The predicted octanol–water partition coefficient (Wildman–Crippen LogP) is 1.57. The van der Waals surface area contributed by atoms with Crippen molar-refractivity contribution in [1.82, 2.24) is 5.32 Å². The second-order valence-corrected chi connectivity index (χ2v) is 3.31. The predicted molar refractivity (Wildman–Crippen MR) is 58.4 cm³/mol. The topological polar surface area (TPSA) is 78.9 Å². The van der Waals surface area contributed by atoms with E-state index in [4.69, 9.17) is 22.6 Å². The summed E-state index contributed by atoms with van der Waals surface area (Å²) < 4.78 is 0. The minimum atomic E-state index is -0.256. The van der Waals surface area contributed by atoms with Crippen LogP contribution in [0.1, 0.15) is 16.8 Å². The van der Waals surface area contributed by atoms with Crippen molar-refractivity contribution < 1.29 is 4.79 Å². The number of nitrogens with one attached hydrogen (secondary N) is 1. The largest absolute Gasteiger partial charge is 0.398 e. The average Bonchev–Trinajstić information content (AvgIpc) is 2.22. The molecule has 0 atom stereocenters. The summed E-state index contributed by atoms with van der Waals surface area (Å²) in [6, 6.07) is 6.59. The molecule has 1 rings (SSSR count). The highest BCUT2D eigenvalue weighted by Gasteiger charge is 2.06. The quantitative estimate of drug-likeness (QED) is 0.603. The molecule has 3 N–H and O–H groups in total. The molecule has 0 aliphatic rings. The molecule has 5 heteroatoms. The number of rotatable bonds is 3. The van der Waals surface area contributed by atoms with Crippen molar-refractivity contribution in [3.63, 3.8) is 0 Å². The standard InChI is InChI=1S/C10H10ClN3O/c11-8-3-2-7(6-9(8)13)10(15)14-5-1-4-12/h2-3,6H,1,5,13H2,(H,14,15). The lowest BCUT2D eigenvalue weighted by atomic mass is 10.2. The van der Waals surface area contributed by atoms with Gasteiger partial charge in [-0.3, -0.25) is 4.79 Å². The van der Waals surface area contributed by atoms with Crippen LogP contribution < -0.4 is 11.1 Å². The van der Waals surface area contributed by atoms with Gasteiger partial charge in [0.05, 0.1) is 23.2 Å². The van der Waals surface area contributed by atoms with Gasteiger partial charge in [0, 0.05) is 12.1 Å². The number of hydrogen-bond donors (Lipinski definition) is 2. The Labute approximate surface area is 92.6 Å². The monoisotopic (exact) mass is 223 g/mol. The van der Waals surface area contributed by atoms with Gasteiger partial charge < -0.3 is 11.1 Å². The minimum absolute atomic E-state index is 0.256. The Morgan fingerprint density at radius 2 is 2.33 bits per heavy atom. The van der Waals surface area contributed by atoms with Gasteiger partial charge in [0.25, 0.3) is 5.91 Å². The number of benzene rings is 1. The molecule has 0 bridgehead atoms. The lowest BCUT2D eigenvalue weighted by molar-refractivity contribution is 0.0954. The third-order valence-electron chi connectivity index (χ3n) is 1.78. The van der Waals surface area contributed by atoms with Crippen molar-refractivity contribution in [1.29, 1.82) is 5.26 Å². The average molecular weight is 224 g/mol. The van der Waals surface area contributed by atoms with Crippen molar-refractivity contribution in [2.75, 3.05) is 12.3 Å². The molecule has 0 spiro atoms. The molecule has 0 aliphatic heterocycles. The zero-order valence-electron chi connectivity index (χ0n) is 7.96. The highest BCUT2D eigenvalue weighted by Crippen LogP contribution is 2.19. The number of hydrogen-bond acceptors (Lipinski definition) is 3. The minimum Gasteiger partial charge on any atom is -0.398 e. The second kappa shape index (κ2) is 5.23. The first kappa shape index (κ1) is 11.3. The number of nitrogens with two attached hydrogens (primary N) is 1. The van der Waals surface area contributed by atoms with Crippen LogP contribution in [0.25, 0.3) is 0 Å². The molecule has 0 saturated carbocycles. The van der Waals surface area contributed by atoms with Crippen molar-refractivity contribution in [3.05, 3.63) is 28.8 Å². The second-order valence-electron chi connectivity index (χ2n) is 2.90. The van der Waals surface area contributed by atoms with Crippen LogP contribution in [0.5, 0.6) is 0 Å². The van der Waals surface area contributed by atoms with Crippen LogP contribution in [0.4, 0.5) is 5.69 Å². The summed E-state index contributed by atoms with van der Waals surface area (Å²) in [7, 11) is 0. The van der Waals surface area contributed by atoms with Crippen molar-refractivity contribution in [2.24, 2.45) is 0 Å². The van der Waals surface area contributed by atoms with Crippen LogP contribution in [-0.2, 0) is 0 Å². The van der Waals surface area contributed by atoms with Gasteiger partial charge in [0.1, 0.15) is 0 Å². The zero-order valence-corrected chi connectivity index (χ0v) is 8.71. The molecule has 0 unspecified atom stereocenters. The SMILES string of the molecule is N#CCCNC(=O)c1ccc(Cl)c(N)c1. The van der Waals surface area contributed by atoms with Gasteiger partial charge in [-0.15, -0.1) is 0 Å². The number of anilines is 1. The summed E-state index contributed by atoms with van der Waals surface area (Å²) in [6.45, 7) is 0.331. The van der Waals surface area contributed by atoms with Crippen molar-refractivity contribution in [2.45, 2.75) is 6.42 Å². The number of nitrogens with zero attached hydrogens (tertiary/aromatic N) is 1. The van der Waals surface area contributed by atoms with E-state index in [-0.39, 0.29) is 12.3 Å². The lowest BCUT2D eigenvalue weighted by Gasteiger charge is -2.04. The van der Waals surface area contributed by atoms with Gasteiger partial charge in [-0.05, 0) is 18.2 Å². The Kier molecular flexibility index (Phi) is 3.95. The van der Waals surface area contributed by atoms with Crippen LogP contribution >= 0.6 is 11.6 Å².